The van der Waals surface area contributed by atoms with Crippen LogP contribution in [-0.2, 0) is 7.05 Å². The van der Waals surface area contributed by atoms with Crippen molar-refractivity contribution in [2.75, 3.05) is 23.3 Å². The van der Waals surface area contributed by atoms with E-state index in [2.05, 4.69) is 21.3 Å². The van der Waals surface area contributed by atoms with Gasteiger partial charge in [-0.3, -0.25) is 4.79 Å². The Balaban J connectivity index is 1.34. The zero-order chi connectivity index (χ0) is 28.5. The standard InChI is InChI=1S/C31H30F4N4O/c1-15-7-20(16(2)37-26-6-5-18(32)9-23(26)30(34)35)21-11-28(38(4)31(40)22(21)8-15)29-24-13-39(14-25(24)29)27-10-19(33)12-36-17(27)3/h5-12,16,24-25,29-30,37H,13-14H2,1-4H3/p+1/t16-,24-,25+,29?/m1/s1. The third kappa shape index (κ3) is 4.41. The number of alkyl halides is 2. The molecule has 4 atom stereocenters. The number of nitrogens with zero attached hydrogens (tertiary/aromatic N) is 2. The molecule has 0 bridgehead atoms. The molecule has 3 heterocycles. The van der Waals surface area contributed by atoms with Crippen LogP contribution >= 0.6 is 0 Å². The first-order valence-electron chi connectivity index (χ1n) is 13.4. The zero-order valence-corrected chi connectivity index (χ0v) is 22.7. The van der Waals surface area contributed by atoms with E-state index in [9.17, 15) is 22.4 Å². The van der Waals surface area contributed by atoms with Crippen LogP contribution in [0.25, 0.3) is 10.8 Å². The molecule has 2 aromatic heterocycles. The Hall–Kier alpha value is -3.88. The minimum atomic E-state index is -2.83. The Kier molecular flexibility index (Phi) is 6.35. The molecule has 5 nitrogen and oxygen atoms in total. The zero-order valence-electron chi connectivity index (χ0n) is 22.7. The van der Waals surface area contributed by atoms with Gasteiger partial charge >= 0.3 is 0 Å². The highest BCUT2D eigenvalue weighted by Crippen LogP contribution is 2.58. The average Bonchev–Trinajstić information content (AvgIpc) is 3.39. The molecule has 2 N–H and O–H groups in total. The molecule has 9 heteroatoms. The van der Waals surface area contributed by atoms with Crippen molar-refractivity contribution in [3.8, 4) is 0 Å². The number of halogens is 4. The van der Waals surface area contributed by atoms with Crippen molar-refractivity contribution in [3.63, 3.8) is 0 Å². The second-order valence-corrected chi connectivity index (χ2v) is 11.2. The molecule has 1 saturated heterocycles. The SMILES string of the molecule is Cc1cc([C@@H](C)Nc2ccc(F)cc2C(F)F)c2cc(C3[C@H]4CN(c5cc(F)c[nH+]c5C)C[C@@H]34)n(C)c(=O)c2c1. The summed E-state index contributed by atoms with van der Waals surface area (Å²) in [5.74, 6) is -0.120. The van der Waals surface area contributed by atoms with Crippen LogP contribution in [0.3, 0.4) is 0 Å². The molecule has 2 aromatic carbocycles. The van der Waals surface area contributed by atoms with Gasteiger partial charge in [0.1, 0.15) is 11.5 Å². The number of aromatic amines is 1. The van der Waals surface area contributed by atoms with Crippen molar-refractivity contribution in [2.45, 2.75) is 39.2 Å². The fourth-order valence-corrected chi connectivity index (χ4v) is 6.56. The first kappa shape index (κ1) is 26.3. The van der Waals surface area contributed by atoms with E-state index in [0.29, 0.717) is 17.2 Å². The summed E-state index contributed by atoms with van der Waals surface area (Å²) in [5.41, 5.74) is 4.08. The molecule has 0 spiro atoms. The van der Waals surface area contributed by atoms with Gasteiger partial charge in [0.15, 0.2) is 11.5 Å². The number of piperidine rings is 1. The van der Waals surface area contributed by atoms with E-state index < -0.39 is 23.8 Å². The van der Waals surface area contributed by atoms with Gasteiger partial charge in [-0.15, -0.1) is 0 Å². The van der Waals surface area contributed by atoms with E-state index in [0.717, 1.165) is 58.8 Å². The number of fused-ring (bicyclic) bond motifs is 2. The maximum absolute atomic E-state index is 13.9. The molecular weight excluding hydrogens is 520 g/mol. The molecular formula is C31H31F4N4O+. The van der Waals surface area contributed by atoms with Crippen molar-refractivity contribution in [1.29, 1.82) is 0 Å². The molecule has 208 valence electrons. The Morgan fingerprint density at radius 1 is 0.950 bits per heavy atom. The van der Waals surface area contributed by atoms with Gasteiger partial charge in [-0.2, -0.15) is 0 Å². The van der Waals surface area contributed by atoms with Crippen molar-refractivity contribution >= 4 is 22.1 Å². The lowest BCUT2D eigenvalue weighted by Gasteiger charge is -2.23. The van der Waals surface area contributed by atoms with Crippen LogP contribution in [0.1, 0.15) is 53.4 Å². The van der Waals surface area contributed by atoms with Crippen molar-refractivity contribution in [1.82, 2.24) is 4.57 Å². The van der Waals surface area contributed by atoms with E-state index in [1.165, 1.54) is 12.3 Å². The minimum absolute atomic E-state index is 0.0999. The van der Waals surface area contributed by atoms with E-state index >= 15 is 0 Å². The number of rotatable bonds is 6. The summed E-state index contributed by atoms with van der Waals surface area (Å²) in [6.45, 7) is 7.24. The van der Waals surface area contributed by atoms with Crippen LogP contribution in [0.15, 0.2) is 53.5 Å². The molecule has 6 rings (SSSR count). The van der Waals surface area contributed by atoms with Gasteiger partial charge in [-0.05, 0) is 72.5 Å². The van der Waals surface area contributed by atoms with Gasteiger partial charge in [0, 0.05) is 67.4 Å². The number of anilines is 2. The highest BCUT2D eigenvalue weighted by Gasteiger charge is 2.57. The van der Waals surface area contributed by atoms with Gasteiger partial charge in [0.05, 0.1) is 0 Å². The summed E-state index contributed by atoms with van der Waals surface area (Å²) < 4.78 is 56.6. The maximum Gasteiger partial charge on any atom is 0.265 e. The first-order valence-corrected chi connectivity index (χ1v) is 13.4. The number of nitrogens with one attached hydrogen (secondary N) is 2. The largest absolute Gasteiger partial charge is 0.378 e. The summed E-state index contributed by atoms with van der Waals surface area (Å²) in [5, 5.41) is 4.48. The third-order valence-corrected chi connectivity index (χ3v) is 8.62. The van der Waals surface area contributed by atoms with E-state index in [1.807, 2.05) is 32.9 Å². The molecule has 1 unspecified atom stereocenters. The lowest BCUT2D eigenvalue weighted by atomic mass is 9.95. The molecule has 1 aliphatic carbocycles. The topological polar surface area (TPSA) is 51.4 Å². The Morgan fingerprint density at radius 2 is 1.68 bits per heavy atom. The smallest absolute Gasteiger partial charge is 0.265 e. The predicted octanol–water partition coefficient (Wildman–Crippen LogP) is 6.21. The van der Waals surface area contributed by atoms with Crippen molar-refractivity contribution < 1.29 is 22.5 Å². The van der Waals surface area contributed by atoms with E-state index in [1.54, 1.807) is 17.7 Å². The first-order chi connectivity index (χ1) is 19.0. The fraction of sp³-hybridized carbons (Fsp3) is 0.355. The van der Waals surface area contributed by atoms with Crippen LogP contribution in [0.2, 0.25) is 0 Å². The lowest BCUT2D eigenvalue weighted by Crippen LogP contribution is -2.28. The Morgan fingerprint density at radius 3 is 2.38 bits per heavy atom. The van der Waals surface area contributed by atoms with E-state index in [4.69, 9.17) is 0 Å². The van der Waals surface area contributed by atoms with Gasteiger partial charge < -0.3 is 14.8 Å². The van der Waals surface area contributed by atoms with Gasteiger partial charge in [0.25, 0.3) is 12.0 Å². The molecule has 40 heavy (non-hydrogen) atoms. The molecule has 1 aliphatic heterocycles. The van der Waals surface area contributed by atoms with Crippen LogP contribution in [0.5, 0.6) is 0 Å². The monoisotopic (exact) mass is 551 g/mol. The quantitative estimate of drug-likeness (QED) is 0.290. The number of pyridine rings is 2. The number of aryl methyl sites for hydroxylation is 2. The molecule has 0 amide bonds. The second-order valence-electron chi connectivity index (χ2n) is 11.2. The normalized spacial score (nSPS) is 20.7. The second kappa shape index (κ2) is 9.64. The van der Waals surface area contributed by atoms with Gasteiger partial charge in [-0.25, -0.2) is 22.5 Å². The van der Waals surface area contributed by atoms with Crippen LogP contribution in [0, 0.1) is 37.3 Å². The fourth-order valence-electron chi connectivity index (χ4n) is 6.56. The summed E-state index contributed by atoms with van der Waals surface area (Å²) in [7, 11) is 1.80. The number of hydrogen-bond acceptors (Lipinski definition) is 3. The van der Waals surface area contributed by atoms with Crippen molar-refractivity contribution in [3.05, 3.63) is 98.7 Å². The maximum atomic E-state index is 13.9. The summed E-state index contributed by atoms with van der Waals surface area (Å²) in [6.07, 6.45) is -1.48. The molecule has 2 fully saturated rings. The van der Waals surface area contributed by atoms with E-state index in [-0.39, 0.29) is 23.0 Å². The summed E-state index contributed by atoms with van der Waals surface area (Å²) in [6, 6.07) is 10.4. The molecule has 4 aromatic rings. The highest BCUT2D eigenvalue weighted by atomic mass is 19.3. The third-order valence-electron chi connectivity index (χ3n) is 8.62. The van der Waals surface area contributed by atoms with Crippen molar-refractivity contribution in [2.24, 2.45) is 18.9 Å². The summed E-state index contributed by atoms with van der Waals surface area (Å²) in [4.78, 5) is 18.8. The number of H-pyrrole nitrogens is 1. The number of benzene rings is 2. The molecule has 0 radical (unpaired) electrons. The molecule has 2 aliphatic rings. The Labute approximate surface area is 229 Å². The summed E-state index contributed by atoms with van der Waals surface area (Å²) >= 11 is 0. The van der Waals surface area contributed by atoms with Gasteiger partial charge in [-0.1, -0.05) is 6.07 Å². The minimum Gasteiger partial charge on any atom is -0.378 e. The molecule has 1 saturated carbocycles. The van der Waals surface area contributed by atoms with Crippen LogP contribution in [0.4, 0.5) is 28.9 Å². The van der Waals surface area contributed by atoms with Gasteiger partial charge in [0.2, 0.25) is 6.20 Å². The number of aromatic nitrogens is 2. The van der Waals surface area contributed by atoms with Crippen LogP contribution < -0.4 is 20.8 Å². The average molecular weight is 552 g/mol. The Bertz CT molecular complexity index is 1690. The predicted molar refractivity (Wildman–Crippen MR) is 147 cm³/mol. The highest BCUT2D eigenvalue weighted by molar-refractivity contribution is 5.87. The number of hydrogen-bond donors (Lipinski definition) is 1. The van der Waals surface area contributed by atoms with Crippen LogP contribution in [-0.4, -0.2) is 17.7 Å². The lowest BCUT2D eigenvalue weighted by molar-refractivity contribution is -0.389.